The van der Waals surface area contributed by atoms with Crippen molar-refractivity contribution in [2.24, 2.45) is 0 Å². The molecule has 0 amide bonds. The van der Waals surface area contributed by atoms with Gasteiger partial charge in [0.2, 0.25) is 0 Å². The Hall–Kier alpha value is -3.01. The average Bonchev–Trinajstić information content (AvgIpc) is 2.72. The van der Waals surface area contributed by atoms with Crippen LogP contribution in [0.15, 0.2) is 36.4 Å². The minimum Gasteiger partial charge on any atom is -0.497 e. The normalized spacial score (nSPS) is 16.3. The van der Waals surface area contributed by atoms with Gasteiger partial charge in [0.15, 0.2) is 0 Å². The number of alkyl halides is 3. The van der Waals surface area contributed by atoms with Gasteiger partial charge in [-0.15, -0.1) is 0 Å². The van der Waals surface area contributed by atoms with E-state index >= 15 is 0 Å². The van der Waals surface area contributed by atoms with Crippen molar-refractivity contribution >= 4 is 11.4 Å². The summed E-state index contributed by atoms with van der Waals surface area (Å²) in [6.07, 6.45) is -4.34. The summed E-state index contributed by atoms with van der Waals surface area (Å²) in [6.45, 7) is 0.538. The molecular weight excluding hydrogens is 405 g/mol. The smallest absolute Gasteiger partial charge is 0.423 e. The second kappa shape index (κ2) is 8.02. The lowest BCUT2D eigenvalue weighted by atomic mass is 9.84. The van der Waals surface area contributed by atoms with Crippen molar-refractivity contribution in [3.8, 4) is 11.5 Å². The molecule has 7 nitrogen and oxygen atoms in total. The lowest BCUT2D eigenvalue weighted by Gasteiger charge is -2.40. The molecule has 30 heavy (non-hydrogen) atoms. The fraction of sp³-hybridized carbons (Fsp3) is 0.400. The molecule has 3 rings (SSSR count). The van der Waals surface area contributed by atoms with Gasteiger partial charge in [-0.25, -0.2) is 0 Å². The van der Waals surface area contributed by atoms with Crippen LogP contribution in [0.4, 0.5) is 24.5 Å². The summed E-state index contributed by atoms with van der Waals surface area (Å²) in [7, 11) is 3.00. The first kappa shape index (κ1) is 21.7. The largest absolute Gasteiger partial charge is 0.497 e. The quantitative estimate of drug-likeness (QED) is 0.572. The third-order valence-corrected chi connectivity index (χ3v) is 5.33. The highest BCUT2D eigenvalue weighted by Gasteiger charge is 2.40. The van der Waals surface area contributed by atoms with Crippen molar-refractivity contribution in [1.82, 2.24) is 0 Å². The molecule has 0 atom stereocenters. The lowest BCUT2D eigenvalue weighted by molar-refractivity contribution is -0.388. The lowest BCUT2D eigenvalue weighted by Crippen LogP contribution is -2.42. The van der Waals surface area contributed by atoms with Crippen molar-refractivity contribution in [3.05, 3.63) is 57.6 Å². The van der Waals surface area contributed by atoms with Crippen LogP contribution < -0.4 is 14.4 Å². The number of nitro benzene ring substituents is 1. The van der Waals surface area contributed by atoms with Crippen molar-refractivity contribution in [2.75, 3.05) is 32.2 Å². The molecule has 0 spiro atoms. The highest BCUT2D eigenvalue weighted by molar-refractivity contribution is 5.57. The van der Waals surface area contributed by atoms with E-state index in [-0.39, 0.29) is 31.6 Å². The second-order valence-electron chi connectivity index (χ2n) is 7.08. The minimum atomic E-state index is -4.84. The first-order valence-corrected chi connectivity index (χ1v) is 9.14. The molecule has 2 aromatic carbocycles. The zero-order valence-corrected chi connectivity index (χ0v) is 16.4. The summed E-state index contributed by atoms with van der Waals surface area (Å²) < 4.78 is 50.2. The molecule has 1 aliphatic rings. The molecule has 1 heterocycles. The Morgan fingerprint density at radius 1 is 1.07 bits per heavy atom. The Morgan fingerprint density at radius 2 is 1.63 bits per heavy atom. The molecular formula is C20H21F3N2O5. The molecule has 0 aliphatic carbocycles. The molecule has 1 N–H and O–H groups in total. The zero-order valence-electron chi connectivity index (χ0n) is 16.4. The van der Waals surface area contributed by atoms with Gasteiger partial charge in [-0.3, -0.25) is 10.1 Å². The number of hydrogen-bond donors (Lipinski definition) is 1. The van der Waals surface area contributed by atoms with Gasteiger partial charge >= 0.3 is 6.18 Å². The van der Waals surface area contributed by atoms with Gasteiger partial charge in [0, 0.05) is 30.9 Å². The van der Waals surface area contributed by atoms with Crippen LogP contribution >= 0.6 is 0 Å². The maximum Gasteiger partial charge on any atom is 0.423 e. The van der Waals surface area contributed by atoms with Crippen LogP contribution in [0.25, 0.3) is 0 Å². The van der Waals surface area contributed by atoms with Crippen LogP contribution in [-0.4, -0.2) is 37.3 Å². The molecule has 0 saturated carbocycles. The number of piperidine rings is 1. The van der Waals surface area contributed by atoms with E-state index in [9.17, 15) is 28.4 Å². The molecule has 0 unspecified atom stereocenters. The molecule has 10 heteroatoms. The number of benzene rings is 2. The van der Waals surface area contributed by atoms with E-state index in [2.05, 4.69) is 0 Å². The third-order valence-electron chi connectivity index (χ3n) is 5.33. The maximum atomic E-state index is 13.3. The number of nitro groups is 1. The van der Waals surface area contributed by atoms with E-state index in [1.807, 2.05) is 0 Å². The number of rotatable bonds is 5. The van der Waals surface area contributed by atoms with Gasteiger partial charge in [-0.2, -0.15) is 13.2 Å². The van der Waals surface area contributed by atoms with E-state index in [0.717, 1.165) is 12.1 Å². The third kappa shape index (κ3) is 4.28. The molecule has 0 radical (unpaired) electrons. The average molecular weight is 426 g/mol. The number of methoxy groups -OCH3 is 2. The summed E-state index contributed by atoms with van der Waals surface area (Å²) in [5, 5.41) is 22.1. The Morgan fingerprint density at radius 3 is 2.10 bits per heavy atom. The predicted octanol–water partition coefficient (Wildman–Crippen LogP) is 4.12. The molecule has 0 bridgehead atoms. The van der Waals surface area contributed by atoms with Crippen LogP contribution in [0.1, 0.15) is 24.0 Å². The fourth-order valence-corrected chi connectivity index (χ4v) is 3.61. The van der Waals surface area contributed by atoms with Crippen LogP contribution in [0.2, 0.25) is 0 Å². The van der Waals surface area contributed by atoms with Gasteiger partial charge in [0.05, 0.1) is 24.7 Å². The van der Waals surface area contributed by atoms with Gasteiger partial charge in [0.25, 0.3) is 5.69 Å². The van der Waals surface area contributed by atoms with Gasteiger partial charge in [0.1, 0.15) is 17.1 Å². The summed E-state index contributed by atoms with van der Waals surface area (Å²) >= 11 is 0. The monoisotopic (exact) mass is 426 g/mol. The molecule has 2 aromatic rings. The predicted molar refractivity (Wildman–Crippen MR) is 103 cm³/mol. The van der Waals surface area contributed by atoms with Crippen LogP contribution in [-0.2, 0) is 11.8 Å². The molecule has 1 saturated heterocycles. The number of aliphatic hydroxyl groups is 1. The van der Waals surface area contributed by atoms with Gasteiger partial charge in [-0.1, -0.05) is 0 Å². The molecule has 1 fully saturated rings. The number of hydrogen-bond acceptors (Lipinski definition) is 6. The summed E-state index contributed by atoms with van der Waals surface area (Å²) in [5.74, 6) is 1.04. The van der Waals surface area contributed by atoms with E-state index in [4.69, 9.17) is 9.47 Å². The first-order valence-electron chi connectivity index (χ1n) is 9.14. The summed E-state index contributed by atoms with van der Waals surface area (Å²) in [5.41, 5.74) is -2.66. The SMILES string of the molecule is COc1cc(OC)cc(C2(O)CCN(c3ccc([N+](=O)[O-])c(C(F)(F)F)c3)CC2)c1. The van der Waals surface area contributed by atoms with Crippen LogP contribution in [0, 0.1) is 10.1 Å². The van der Waals surface area contributed by atoms with Crippen LogP contribution in [0.3, 0.4) is 0 Å². The van der Waals surface area contributed by atoms with Crippen molar-refractivity contribution in [3.63, 3.8) is 0 Å². The van der Waals surface area contributed by atoms with Gasteiger partial charge in [-0.05, 0) is 42.7 Å². The maximum absolute atomic E-state index is 13.3. The van der Waals surface area contributed by atoms with Crippen molar-refractivity contribution < 1.29 is 32.7 Å². The van der Waals surface area contributed by atoms with Crippen molar-refractivity contribution in [1.29, 1.82) is 0 Å². The number of nitrogens with zero attached hydrogens (tertiary/aromatic N) is 2. The first-order chi connectivity index (χ1) is 14.1. The number of ether oxygens (including phenoxy) is 2. The van der Waals surface area contributed by atoms with E-state index in [1.54, 1.807) is 23.1 Å². The van der Waals surface area contributed by atoms with Crippen molar-refractivity contribution in [2.45, 2.75) is 24.6 Å². The number of anilines is 1. The summed E-state index contributed by atoms with van der Waals surface area (Å²) in [4.78, 5) is 11.6. The Bertz CT molecular complexity index is 918. The Kier molecular flexibility index (Phi) is 5.80. The molecule has 1 aliphatic heterocycles. The highest BCUT2D eigenvalue weighted by atomic mass is 19.4. The summed E-state index contributed by atoms with van der Waals surface area (Å²) in [6, 6.07) is 8.03. The Balaban J connectivity index is 1.84. The minimum absolute atomic E-state index is 0.221. The topological polar surface area (TPSA) is 85.1 Å². The Labute approximate surface area is 170 Å². The second-order valence-corrected chi connectivity index (χ2v) is 7.08. The zero-order chi connectivity index (χ0) is 22.1. The molecule has 0 aromatic heterocycles. The van der Waals surface area contributed by atoms with Crippen LogP contribution in [0.5, 0.6) is 11.5 Å². The van der Waals surface area contributed by atoms with E-state index < -0.39 is 28.0 Å². The highest BCUT2D eigenvalue weighted by Crippen LogP contribution is 2.41. The molecule has 162 valence electrons. The number of halogens is 3. The van der Waals surface area contributed by atoms with E-state index in [1.165, 1.54) is 20.3 Å². The fourth-order valence-electron chi connectivity index (χ4n) is 3.61. The van der Waals surface area contributed by atoms with E-state index in [0.29, 0.717) is 17.1 Å². The standard InChI is InChI=1S/C20H21F3N2O5/c1-29-15-9-13(10-16(12-15)30-2)19(26)5-7-24(8-6-19)14-3-4-18(25(27)28)17(11-14)20(21,22)23/h3-4,9-12,26H,5-8H2,1-2H3. The van der Waals surface area contributed by atoms with Gasteiger partial charge < -0.3 is 19.5 Å².